The normalized spacial score (nSPS) is 11.2. The minimum Gasteiger partial charge on any atom is -0.361 e. The summed E-state index contributed by atoms with van der Waals surface area (Å²) in [5.74, 6) is 0.0155. The summed E-state index contributed by atoms with van der Waals surface area (Å²) in [5, 5.41) is 5.24. The van der Waals surface area contributed by atoms with E-state index in [-0.39, 0.29) is 5.91 Å². The van der Waals surface area contributed by atoms with Crippen molar-refractivity contribution in [2.75, 3.05) is 5.32 Å². The van der Waals surface area contributed by atoms with Crippen LogP contribution in [0.3, 0.4) is 0 Å². The first kappa shape index (κ1) is 15.0. The van der Waals surface area contributed by atoms with Gasteiger partial charge in [0.1, 0.15) is 0 Å². The number of aromatic nitrogens is 2. The van der Waals surface area contributed by atoms with E-state index in [1.54, 1.807) is 0 Å². The Kier molecular flexibility index (Phi) is 3.86. The van der Waals surface area contributed by atoms with Crippen molar-refractivity contribution in [2.24, 2.45) is 0 Å². The van der Waals surface area contributed by atoms with E-state index in [1.807, 2.05) is 42.7 Å². The second-order valence-electron chi connectivity index (χ2n) is 5.79. The van der Waals surface area contributed by atoms with Gasteiger partial charge in [-0.15, -0.1) is 0 Å². The summed E-state index contributed by atoms with van der Waals surface area (Å²) in [6, 6.07) is 16.1. The summed E-state index contributed by atoms with van der Waals surface area (Å²) >= 11 is 3.50. The van der Waals surface area contributed by atoms with E-state index in [0.29, 0.717) is 13.0 Å². The Bertz CT molecular complexity index is 1030. The molecule has 4 nitrogen and oxygen atoms in total. The van der Waals surface area contributed by atoms with Crippen LogP contribution in [0.1, 0.15) is 6.42 Å². The zero-order valence-electron chi connectivity index (χ0n) is 12.9. The quantitative estimate of drug-likeness (QED) is 0.518. The molecule has 1 amide bonds. The number of halogens is 1. The molecule has 2 N–H and O–H groups in total. The number of fused-ring (bicyclic) bond motifs is 2. The number of nitrogens with one attached hydrogen (secondary N) is 2. The zero-order valence-corrected chi connectivity index (χ0v) is 14.5. The predicted octanol–water partition coefficient (Wildman–Crippen LogP) is 4.91. The van der Waals surface area contributed by atoms with Gasteiger partial charge in [-0.3, -0.25) is 4.79 Å². The number of amides is 1. The molecule has 120 valence electrons. The number of carbonyl (C=O) groups excluding carboxylic acids is 1. The number of aromatic amines is 1. The number of nitrogens with zero attached hydrogens (tertiary/aromatic N) is 1. The highest BCUT2D eigenvalue weighted by atomic mass is 79.9. The van der Waals surface area contributed by atoms with Gasteiger partial charge in [0.15, 0.2) is 0 Å². The average Bonchev–Trinajstić information content (AvgIpc) is 3.18. The maximum Gasteiger partial charge on any atom is 0.226 e. The van der Waals surface area contributed by atoms with Crippen molar-refractivity contribution < 1.29 is 4.79 Å². The molecule has 0 saturated heterocycles. The SMILES string of the molecule is O=C(CCn1ccc2ccc(Br)cc21)Nc1ccc2[nH]ccc2c1. The van der Waals surface area contributed by atoms with E-state index in [0.717, 1.165) is 26.6 Å². The van der Waals surface area contributed by atoms with E-state index in [4.69, 9.17) is 0 Å². The molecular weight excluding hydrogens is 366 g/mol. The lowest BCUT2D eigenvalue weighted by Crippen LogP contribution is -2.14. The average molecular weight is 382 g/mol. The number of benzene rings is 2. The molecule has 5 heteroatoms. The van der Waals surface area contributed by atoms with E-state index >= 15 is 0 Å². The Hall–Kier alpha value is -2.53. The minimum atomic E-state index is 0.0155. The Balaban J connectivity index is 1.44. The van der Waals surface area contributed by atoms with Crippen molar-refractivity contribution in [3.05, 3.63) is 65.4 Å². The molecule has 0 saturated carbocycles. The van der Waals surface area contributed by atoms with E-state index in [1.165, 1.54) is 5.39 Å². The first-order valence-corrected chi connectivity index (χ1v) is 8.60. The molecule has 0 radical (unpaired) electrons. The third kappa shape index (κ3) is 2.95. The Morgan fingerprint density at radius 3 is 2.92 bits per heavy atom. The molecule has 2 aromatic carbocycles. The second kappa shape index (κ2) is 6.17. The number of hydrogen-bond donors (Lipinski definition) is 2. The fourth-order valence-electron chi connectivity index (χ4n) is 2.93. The van der Waals surface area contributed by atoms with Crippen LogP contribution < -0.4 is 5.32 Å². The topological polar surface area (TPSA) is 49.8 Å². The van der Waals surface area contributed by atoms with Crippen LogP contribution in [0, 0.1) is 0 Å². The molecule has 24 heavy (non-hydrogen) atoms. The fraction of sp³-hybridized carbons (Fsp3) is 0.105. The molecular formula is C19H16BrN3O. The highest BCUT2D eigenvalue weighted by Gasteiger charge is 2.06. The van der Waals surface area contributed by atoms with Crippen LogP contribution in [0.15, 0.2) is 65.4 Å². The van der Waals surface area contributed by atoms with Gasteiger partial charge >= 0.3 is 0 Å². The van der Waals surface area contributed by atoms with Gasteiger partial charge in [0, 0.05) is 51.9 Å². The largest absolute Gasteiger partial charge is 0.361 e. The van der Waals surface area contributed by atoms with E-state index < -0.39 is 0 Å². The summed E-state index contributed by atoms with van der Waals surface area (Å²) in [6.45, 7) is 0.651. The van der Waals surface area contributed by atoms with Crippen LogP contribution >= 0.6 is 15.9 Å². The van der Waals surface area contributed by atoms with Gasteiger partial charge in [-0.05, 0) is 47.9 Å². The highest BCUT2D eigenvalue weighted by Crippen LogP contribution is 2.21. The molecule has 4 aromatic rings. The van der Waals surface area contributed by atoms with Gasteiger partial charge in [0.25, 0.3) is 0 Å². The number of aryl methyl sites for hydroxylation is 1. The van der Waals surface area contributed by atoms with Crippen molar-refractivity contribution in [3.63, 3.8) is 0 Å². The van der Waals surface area contributed by atoms with Crippen molar-refractivity contribution in [1.82, 2.24) is 9.55 Å². The van der Waals surface area contributed by atoms with E-state index in [9.17, 15) is 4.79 Å². The lowest BCUT2D eigenvalue weighted by Gasteiger charge is -2.08. The van der Waals surface area contributed by atoms with Gasteiger partial charge in [0.05, 0.1) is 0 Å². The van der Waals surface area contributed by atoms with Crippen LogP contribution in [-0.4, -0.2) is 15.5 Å². The van der Waals surface area contributed by atoms with E-state index in [2.05, 4.69) is 49.0 Å². The lowest BCUT2D eigenvalue weighted by atomic mass is 10.2. The Morgan fingerprint density at radius 1 is 1.08 bits per heavy atom. The van der Waals surface area contributed by atoms with Crippen molar-refractivity contribution in [1.29, 1.82) is 0 Å². The number of carbonyl (C=O) groups is 1. The van der Waals surface area contributed by atoms with Crippen LogP contribution in [0.25, 0.3) is 21.8 Å². The number of H-pyrrole nitrogens is 1. The monoisotopic (exact) mass is 381 g/mol. The summed E-state index contributed by atoms with van der Waals surface area (Å²) in [4.78, 5) is 15.4. The molecule has 2 heterocycles. The molecule has 0 spiro atoms. The first-order valence-electron chi connectivity index (χ1n) is 7.80. The Labute approximate surface area is 147 Å². The van der Waals surface area contributed by atoms with Gasteiger partial charge < -0.3 is 14.9 Å². The van der Waals surface area contributed by atoms with Crippen molar-refractivity contribution in [3.8, 4) is 0 Å². The zero-order chi connectivity index (χ0) is 16.5. The molecule has 4 rings (SSSR count). The molecule has 0 aliphatic heterocycles. The Morgan fingerprint density at radius 2 is 2.00 bits per heavy atom. The lowest BCUT2D eigenvalue weighted by molar-refractivity contribution is -0.116. The van der Waals surface area contributed by atoms with Crippen LogP contribution in [-0.2, 0) is 11.3 Å². The molecule has 0 aliphatic rings. The minimum absolute atomic E-state index is 0.0155. The smallest absolute Gasteiger partial charge is 0.226 e. The molecule has 0 fully saturated rings. The molecule has 0 unspecified atom stereocenters. The summed E-state index contributed by atoms with van der Waals surface area (Å²) in [5.41, 5.74) is 3.02. The molecule has 2 aromatic heterocycles. The third-order valence-corrected chi connectivity index (χ3v) is 4.65. The summed E-state index contributed by atoms with van der Waals surface area (Å²) in [7, 11) is 0. The first-order chi connectivity index (χ1) is 11.7. The maximum atomic E-state index is 12.2. The number of anilines is 1. The van der Waals surface area contributed by atoms with Crippen molar-refractivity contribution in [2.45, 2.75) is 13.0 Å². The number of hydrogen-bond acceptors (Lipinski definition) is 1. The van der Waals surface area contributed by atoms with Crippen LogP contribution in [0.2, 0.25) is 0 Å². The predicted molar refractivity (Wildman–Crippen MR) is 101 cm³/mol. The van der Waals surface area contributed by atoms with Crippen LogP contribution in [0.5, 0.6) is 0 Å². The van der Waals surface area contributed by atoms with Gasteiger partial charge in [-0.25, -0.2) is 0 Å². The van der Waals surface area contributed by atoms with Crippen LogP contribution in [0.4, 0.5) is 5.69 Å². The molecule has 0 bridgehead atoms. The molecule has 0 atom stereocenters. The second-order valence-corrected chi connectivity index (χ2v) is 6.71. The summed E-state index contributed by atoms with van der Waals surface area (Å²) < 4.78 is 3.15. The summed E-state index contributed by atoms with van der Waals surface area (Å²) in [6.07, 6.45) is 4.35. The van der Waals surface area contributed by atoms with Gasteiger partial charge in [-0.2, -0.15) is 0 Å². The number of rotatable bonds is 4. The maximum absolute atomic E-state index is 12.2. The third-order valence-electron chi connectivity index (χ3n) is 4.15. The standard InChI is InChI=1S/C19H16BrN3O/c20-15-2-1-13-6-9-23(18(13)12-15)10-7-19(24)22-16-3-4-17-14(11-16)5-8-21-17/h1-6,8-9,11-12,21H,7,10H2,(H,22,24). The fourth-order valence-corrected chi connectivity index (χ4v) is 3.28. The van der Waals surface area contributed by atoms with Crippen molar-refractivity contribution >= 4 is 49.3 Å². The highest BCUT2D eigenvalue weighted by molar-refractivity contribution is 9.10. The van der Waals surface area contributed by atoms with Gasteiger partial charge in [-0.1, -0.05) is 22.0 Å². The van der Waals surface area contributed by atoms with Gasteiger partial charge in [0.2, 0.25) is 5.91 Å². The molecule has 0 aliphatic carbocycles.